The van der Waals surface area contributed by atoms with Crippen LogP contribution in [-0.2, 0) is 0 Å². The van der Waals surface area contributed by atoms with Crippen molar-refractivity contribution in [2.24, 2.45) is 17.8 Å². The second kappa shape index (κ2) is 9.24. The summed E-state index contributed by atoms with van der Waals surface area (Å²) in [7, 11) is 0. The highest BCUT2D eigenvalue weighted by atomic mass is 16.3. The third kappa shape index (κ3) is 5.82. The van der Waals surface area contributed by atoms with Gasteiger partial charge in [-0.05, 0) is 62.9 Å². The van der Waals surface area contributed by atoms with Gasteiger partial charge < -0.3 is 15.3 Å². The molecule has 130 valence electrons. The maximum absolute atomic E-state index is 10.2. The first-order valence-corrected chi connectivity index (χ1v) is 9.72. The molecule has 2 N–H and O–H groups in total. The topological polar surface area (TPSA) is 35.5 Å². The van der Waals surface area contributed by atoms with Crippen molar-refractivity contribution in [1.82, 2.24) is 10.2 Å². The first-order chi connectivity index (χ1) is 10.6. The molecule has 1 aliphatic heterocycles. The van der Waals surface area contributed by atoms with E-state index in [2.05, 4.69) is 31.0 Å². The van der Waals surface area contributed by atoms with Crippen LogP contribution < -0.4 is 5.32 Å². The lowest BCUT2D eigenvalue weighted by Crippen LogP contribution is -2.50. The summed E-state index contributed by atoms with van der Waals surface area (Å²) in [6.45, 7) is 11.3. The van der Waals surface area contributed by atoms with Crippen LogP contribution in [0.2, 0.25) is 0 Å². The van der Waals surface area contributed by atoms with E-state index in [1.165, 1.54) is 64.7 Å². The van der Waals surface area contributed by atoms with Gasteiger partial charge in [0.1, 0.15) is 0 Å². The molecule has 3 unspecified atom stereocenters. The number of nitrogens with zero attached hydrogens (tertiary/aromatic N) is 1. The summed E-state index contributed by atoms with van der Waals surface area (Å²) in [5.74, 6) is 1.95. The van der Waals surface area contributed by atoms with E-state index in [-0.39, 0.29) is 6.10 Å². The Bertz CT molecular complexity index is 302. The van der Waals surface area contributed by atoms with Crippen LogP contribution in [-0.4, -0.2) is 48.3 Å². The van der Waals surface area contributed by atoms with Gasteiger partial charge in [0.25, 0.3) is 0 Å². The Morgan fingerprint density at radius 3 is 2.50 bits per heavy atom. The first kappa shape index (κ1) is 18.2. The summed E-state index contributed by atoms with van der Waals surface area (Å²) in [5, 5.41) is 14.1. The molecule has 1 saturated heterocycles. The van der Waals surface area contributed by atoms with E-state index >= 15 is 0 Å². The number of aliphatic hydroxyl groups is 1. The highest BCUT2D eigenvalue weighted by molar-refractivity contribution is 4.86. The van der Waals surface area contributed by atoms with Crippen LogP contribution in [0.25, 0.3) is 0 Å². The quantitative estimate of drug-likeness (QED) is 0.722. The van der Waals surface area contributed by atoms with E-state index in [9.17, 15) is 5.11 Å². The van der Waals surface area contributed by atoms with Gasteiger partial charge in [-0.25, -0.2) is 0 Å². The lowest BCUT2D eigenvalue weighted by Gasteiger charge is -2.39. The van der Waals surface area contributed by atoms with Crippen molar-refractivity contribution < 1.29 is 5.11 Å². The molecular weight excluding hydrogens is 272 g/mol. The second-order valence-electron chi connectivity index (χ2n) is 8.16. The monoisotopic (exact) mass is 310 g/mol. The van der Waals surface area contributed by atoms with E-state index in [4.69, 9.17) is 0 Å². The smallest absolute Gasteiger partial charge is 0.0566 e. The molecule has 1 heterocycles. The third-order valence-corrected chi connectivity index (χ3v) is 5.67. The molecule has 2 rings (SSSR count). The number of likely N-dealkylation sites (tertiary alicyclic amines) is 1. The highest BCUT2D eigenvalue weighted by Crippen LogP contribution is 2.26. The number of nitrogens with one attached hydrogen (secondary N) is 1. The van der Waals surface area contributed by atoms with Crippen molar-refractivity contribution in [3.05, 3.63) is 0 Å². The van der Waals surface area contributed by atoms with Crippen LogP contribution >= 0.6 is 0 Å². The molecule has 3 heteroatoms. The molecule has 1 saturated carbocycles. The maximum Gasteiger partial charge on any atom is 0.0566 e. The van der Waals surface area contributed by atoms with Crippen LogP contribution in [0.3, 0.4) is 0 Å². The Morgan fingerprint density at radius 2 is 1.86 bits per heavy atom. The van der Waals surface area contributed by atoms with Gasteiger partial charge >= 0.3 is 0 Å². The zero-order chi connectivity index (χ0) is 15.9. The fourth-order valence-electron chi connectivity index (χ4n) is 4.28. The lowest BCUT2D eigenvalue weighted by molar-refractivity contribution is 0.0612. The molecular formula is C19H38N2O. The standard InChI is InChI=1S/C19H38N2O/c1-4-9-21-13-17(11-19(22)15(2)3)10-18(14-21)20-12-16-7-5-6-8-16/h15-20,22H,4-14H2,1-3H3. The van der Waals surface area contributed by atoms with Gasteiger partial charge in [-0.1, -0.05) is 33.6 Å². The Labute approximate surface area is 137 Å². The Kier molecular flexibility index (Phi) is 7.66. The summed E-state index contributed by atoms with van der Waals surface area (Å²) in [6, 6.07) is 0.630. The SMILES string of the molecule is CCCN1CC(CC(O)C(C)C)CC(NCC2CCCC2)C1. The zero-order valence-corrected chi connectivity index (χ0v) is 15.1. The molecule has 2 aliphatic rings. The molecule has 2 fully saturated rings. The van der Waals surface area contributed by atoms with E-state index in [1.54, 1.807) is 0 Å². The number of rotatable bonds is 8. The van der Waals surface area contributed by atoms with Gasteiger partial charge in [0.2, 0.25) is 0 Å². The molecule has 22 heavy (non-hydrogen) atoms. The summed E-state index contributed by atoms with van der Waals surface area (Å²) >= 11 is 0. The minimum Gasteiger partial charge on any atom is -0.393 e. The fourth-order valence-corrected chi connectivity index (χ4v) is 4.28. The summed E-state index contributed by atoms with van der Waals surface area (Å²) in [6.07, 6.45) is 9.03. The normalized spacial score (nSPS) is 29.3. The molecule has 0 aromatic carbocycles. The van der Waals surface area contributed by atoms with Gasteiger partial charge in [-0.15, -0.1) is 0 Å². The van der Waals surface area contributed by atoms with E-state index in [0.717, 1.165) is 12.3 Å². The molecule has 3 atom stereocenters. The van der Waals surface area contributed by atoms with Crippen LogP contribution in [0.4, 0.5) is 0 Å². The number of hydrogen-bond donors (Lipinski definition) is 2. The Morgan fingerprint density at radius 1 is 1.14 bits per heavy atom. The van der Waals surface area contributed by atoms with E-state index < -0.39 is 0 Å². The van der Waals surface area contributed by atoms with Crippen molar-refractivity contribution >= 4 is 0 Å². The predicted octanol–water partition coefficient (Wildman–Crippen LogP) is 3.27. The molecule has 3 nitrogen and oxygen atoms in total. The van der Waals surface area contributed by atoms with Gasteiger partial charge in [-0.3, -0.25) is 0 Å². The van der Waals surface area contributed by atoms with Gasteiger partial charge in [0.05, 0.1) is 6.10 Å². The van der Waals surface area contributed by atoms with Crippen LogP contribution in [0.1, 0.15) is 65.7 Å². The summed E-state index contributed by atoms with van der Waals surface area (Å²) in [4.78, 5) is 2.62. The van der Waals surface area contributed by atoms with Crippen molar-refractivity contribution in [2.45, 2.75) is 77.9 Å². The molecule has 0 bridgehead atoms. The van der Waals surface area contributed by atoms with Crippen molar-refractivity contribution in [3.8, 4) is 0 Å². The van der Waals surface area contributed by atoms with Gasteiger partial charge in [0.15, 0.2) is 0 Å². The number of piperidine rings is 1. The Balaban J connectivity index is 1.82. The number of hydrogen-bond acceptors (Lipinski definition) is 3. The van der Waals surface area contributed by atoms with Crippen molar-refractivity contribution in [3.63, 3.8) is 0 Å². The predicted molar refractivity (Wildman–Crippen MR) is 94.0 cm³/mol. The minimum atomic E-state index is -0.137. The van der Waals surface area contributed by atoms with Crippen molar-refractivity contribution in [2.75, 3.05) is 26.2 Å². The molecule has 0 aromatic heterocycles. The summed E-state index contributed by atoms with van der Waals surface area (Å²) in [5.41, 5.74) is 0. The van der Waals surface area contributed by atoms with Crippen LogP contribution in [0.15, 0.2) is 0 Å². The average Bonchev–Trinajstić information content (AvgIpc) is 2.98. The molecule has 0 amide bonds. The second-order valence-corrected chi connectivity index (χ2v) is 8.16. The third-order valence-electron chi connectivity index (χ3n) is 5.67. The van der Waals surface area contributed by atoms with Crippen LogP contribution in [0, 0.1) is 17.8 Å². The van der Waals surface area contributed by atoms with Crippen LogP contribution in [0.5, 0.6) is 0 Å². The van der Waals surface area contributed by atoms with Gasteiger partial charge in [0, 0.05) is 19.1 Å². The lowest BCUT2D eigenvalue weighted by atomic mass is 9.86. The van der Waals surface area contributed by atoms with E-state index in [0.29, 0.717) is 17.9 Å². The first-order valence-electron chi connectivity index (χ1n) is 9.72. The fraction of sp³-hybridized carbons (Fsp3) is 1.00. The minimum absolute atomic E-state index is 0.137. The maximum atomic E-state index is 10.2. The summed E-state index contributed by atoms with van der Waals surface area (Å²) < 4.78 is 0. The van der Waals surface area contributed by atoms with Crippen molar-refractivity contribution in [1.29, 1.82) is 0 Å². The average molecular weight is 311 g/mol. The zero-order valence-electron chi connectivity index (χ0n) is 15.1. The number of aliphatic hydroxyl groups excluding tert-OH is 1. The molecule has 0 spiro atoms. The Hall–Kier alpha value is -0.120. The highest BCUT2D eigenvalue weighted by Gasteiger charge is 2.29. The largest absolute Gasteiger partial charge is 0.393 e. The molecule has 1 aliphatic carbocycles. The van der Waals surface area contributed by atoms with Gasteiger partial charge in [-0.2, -0.15) is 0 Å². The molecule has 0 aromatic rings. The van der Waals surface area contributed by atoms with E-state index in [1.807, 2.05) is 0 Å². The molecule has 0 radical (unpaired) electrons.